The number of benzene rings is 1. The number of aryl methyl sites for hydroxylation is 1. The van der Waals surface area contributed by atoms with Gasteiger partial charge in [-0.2, -0.15) is 0 Å². The number of nitro benzene ring substituents is 1. The largest absolute Gasteiger partial charge is 0.377 e. The van der Waals surface area contributed by atoms with Crippen LogP contribution in [0.15, 0.2) is 32.5 Å². The van der Waals surface area contributed by atoms with E-state index in [0.29, 0.717) is 0 Å². The number of nitrogens with zero attached hydrogens (tertiary/aromatic N) is 1. The van der Waals surface area contributed by atoms with Crippen LogP contribution in [0.25, 0.3) is 0 Å². The molecule has 3 rings (SSSR count). The summed E-state index contributed by atoms with van der Waals surface area (Å²) in [5.74, 6) is 0. The lowest BCUT2D eigenvalue weighted by Gasteiger charge is -2.25. The highest BCUT2D eigenvalue weighted by molar-refractivity contribution is 9.11. The summed E-state index contributed by atoms with van der Waals surface area (Å²) < 4.78 is 1.88. The zero-order valence-electron chi connectivity index (χ0n) is 10.9. The SMILES string of the molecule is O=[N+]([O-])c1ccc(NC2CCCc3sc(Br)cc32)c(Br)c1. The molecule has 0 saturated heterocycles. The maximum absolute atomic E-state index is 10.8. The molecule has 1 heterocycles. The van der Waals surface area contributed by atoms with Crippen molar-refractivity contribution >= 4 is 54.6 Å². The highest BCUT2D eigenvalue weighted by atomic mass is 79.9. The van der Waals surface area contributed by atoms with E-state index in [0.717, 1.165) is 33.2 Å². The fourth-order valence-electron chi connectivity index (χ4n) is 2.59. The Morgan fingerprint density at radius 2 is 2.14 bits per heavy atom. The molecule has 7 heteroatoms. The van der Waals surface area contributed by atoms with Gasteiger partial charge in [0, 0.05) is 27.2 Å². The lowest BCUT2D eigenvalue weighted by atomic mass is 9.94. The molecule has 1 unspecified atom stereocenters. The van der Waals surface area contributed by atoms with Gasteiger partial charge < -0.3 is 5.32 Å². The third-order valence-electron chi connectivity index (χ3n) is 3.58. The van der Waals surface area contributed by atoms with Gasteiger partial charge in [0.2, 0.25) is 0 Å². The molecule has 1 aromatic heterocycles. The zero-order valence-corrected chi connectivity index (χ0v) is 14.9. The summed E-state index contributed by atoms with van der Waals surface area (Å²) in [4.78, 5) is 11.8. The van der Waals surface area contributed by atoms with Gasteiger partial charge >= 0.3 is 0 Å². The van der Waals surface area contributed by atoms with Gasteiger partial charge in [-0.1, -0.05) is 0 Å². The van der Waals surface area contributed by atoms with Crippen LogP contribution in [-0.4, -0.2) is 4.92 Å². The molecule has 0 aliphatic heterocycles. The van der Waals surface area contributed by atoms with E-state index < -0.39 is 0 Å². The Morgan fingerprint density at radius 3 is 2.86 bits per heavy atom. The molecule has 1 aliphatic carbocycles. The van der Waals surface area contributed by atoms with Crippen LogP contribution in [0.5, 0.6) is 0 Å². The Kier molecular flexibility index (Phi) is 4.33. The number of hydrogen-bond donors (Lipinski definition) is 1. The third kappa shape index (κ3) is 3.14. The molecule has 1 N–H and O–H groups in total. The smallest absolute Gasteiger partial charge is 0.270 e. The number of fused-ring (bicyclic) bond motifs is 1. The normalized spacial score (nSPS) is 17.3. The summed E-state index contributed by atoms with van der Waals surface area (Å²) >= 11 is 8.76. The first-order valence-electron chi connectivity index (χ1n) is 6.53. The van der Waals surface area contributed by atoms with Crippen LogP contribution in [0, 0.1) is 10.1 Å². The topological polar surface area (TPSA) is 55.2 Å². The number of hydrogen-bond acceptors (Lipinski definition) is 4. The molecule has 110 valence electrons. The Bertz CT molecular complexity index is 702. The van der Waals surface area contributed by atoms with E-state index in [4.69, 9.17) is 0 Å². The van der Waals surface area contributed by atoms with Crippen LogP contribution in [0.1, 0.15) is 29.3 Å². The van der Waals surface area contributed by atoms with Crippen molar-refractivity contribution in [1.29, 1.82) is 0 Å². The lowest BCUT2D eigenvalue weighted by Crippen LogP contribution is -2.15. The fourth-order valence-corrected chi connectivity index (χ4v) is 4.89. The van der Waals surface area contributed by atoms with Crippen molar-refractivity contribution in [3.8, 4) is 0 Å². The Hall–Kier alpha value is -0.920. The first-order valence-corrected chi connectivity index (χ1v) is 8.93. The van der Waals surface area contributed by atoms with Gasteiger partial charge in [-0.15, -0.1) is 11.3 Å². The minimum absolute atomic E-state index is 0.0926. The number of nitro groups is 1. The third-order valence-corrected chi connectivity index (χ3v) is 5.95. The second-order valence-corrected chi connectivity index (χ2v) is 8.31. The van der Waals surface area contributed by atoms with Crippen LogP contribution in [0.3, 0.4) is 0 Å². The standard InChI is InChI=1S/C14H12Br2N2O2S/c15-10-6-8(18(19)20)4-5-12(10)17-11-2-1-3-13-9(11)7-14(16)21-13/h4-7,11,17H,1-3H2. The van der Waals surface area contributed by atoms with Gasteiger partial charge in [0.15, 0.2) is 0 Å². The molecule has 1 aliphatic rings. The molecular formula is C14H12Br2N2O2S. The lowest BCUT2D eigenvalue weighted by molar-refractivity contribution is -0.384. The first-order chi connectivity index (χ1) is 10.0. The molecule has 0 radical (unpaired) electrons. The summed E-state index contributed by atoms with van der Waals surface area (Å²) in [5, 5.41) is 14.3. The Morgan fingerprint density at radius 1 is 1.33 bits per heavy atom. The second-order valence-electron chi connectivity index (χ2n) is 4.94. The van der Waals surface area contributed by atoms with Crippen LogP contribution in [0.4, 0.5) is 11.4 Å². The number of nitrogens with one attached hydrogen (secondary N) is 1. The van der Waals surface area contributed by atoms with Crippen molar-refractivity contribution in [2.45, 2.75) is 25.3 Å². The number of thiophene rings is 1. The van der Waals surface area contributed by atoms with E-state index in [2.05, 4.69) is 43.2 Å². The molecule has 1 aromatic carbocycles. The average molecular weight is 432 g/mol. The zero-order chi connectivity index (χ0) is 15.0. The maximum Gasteiger partial charge on any atom is 0.270 e. The molecule has 1 atom stereocenters. The van der Waals surface area contributed by atoms with Crippen molar-refractivity contribution in [2.75, 3.05) is 5.32 Å². The number of halogens is 2. The van der Waals surface area contributed by atoms with E-state index in [1.807, 2.05) is 0 Å². The monoisotopic (exact) mass is 430 g/mol. The minimum Gasteiger partial charge on any atom is -0.377 e. The molecule has 0 amide bonds. The van der Waals surface area contributed by atoms with E-state index >= 15 is 0 Å². The van der Waals surface area contributed by atoms with E-state index in [1.54, 1.807) is 17.4 Å². The van der Waals surface area contributed by atoms with Crippen molar-refractivity contribution in [1.82, 2.24) is 0 Å². The van der Waals surface area contributed by atoms with Gasteiger partial charge in [0.25, 0.3) is 5.69 Å². The van der Waals surface area contributed by atoms with Gasteiger partial charge in [-0.3, -0.25) is 10.1 Å². The molecule has 0 saturated carbocycles. The van der Waals surface area contributed by atoms with E-state index in [1.165, 1.54) is 22.6 Å². The molecule has 0 spiro atoms. The van der Waals surface area contributed by atoms with Crippen molar-refractivity contribution in [2.24, 2.45) is 0 Å². The summed E-state index contributed by atoms with van der Waals surface area (Å²) in [7, 11) is 0. The van der Waals surface area contributed by atoms with Gasteiger partial charge in [0.1, 0.15) is 0 Å². The maximum atomic E-state index is 10.8. The van der Waals surface area contributed by atoms with Gasteiger partial charge in [0.05, 0.1) is 14.8 Å². The van der Waals surface area contributed by atoms with Crippen LogP contribution in [-0.2, 0) is 6.42 Å². The average Bonchev–Trinajstić information content (AvgIpc) is 2.82. The predicted octanol–water partition coefficient (Wildman–Crippen LogP) is 5.67. The van der Waals surface area contributed by atoms with E-state index in [9.17, 15) is 10.1 Å². The highest BCUT2D eigenvalue weighted by Crippen LogP contribution is 2.40. The second kappa shape index (κ2) is 6.06. The number of non-ortho nitro benzene ring substituents is 1. The van der Waals surface area contributed by atoms with Gasteiger partial charge in [-0.05, 0) is 68.8 Å². The molecule has 2 aromatic rings. The molecule has 0 fully saturated rings. The quantitative estimate of drug-likeness (QED) is 0.503. The summed E-state index contributed by atoms with van der Waals surface area (Å²) in [5.41, 5.74) is 2.32. The first kappa shape index (κ1) is 15.0. The molecule has 0 bridgehead atoms. The predicted molar refractivity (Wildman–Crippen MR) is 92.1 cm³/mol. The Balaban J connectivity index is 1.86. The van der Waals surface area contributed by atoms with Gasteiger partial charge in [-0.25, -0.2) is 0 Å². The number of rotatable bonds is 3. The summed E-state index contributed by atoms with van der Waals surface area (Å²) in [6.07, 6.45) is 3.35. The highest BCUT2D eigenvalue weighted by Gasteiger charge is 2.23. The minimum atomic E-state index is -0.386. The molecular weight excluding hydrogens is 420 g/mol. The molecule has 4 nitrogen and oxygen atoms in total. The van der Waals surface area contributed by atoms with Crippen LogP contribution in [0.2, 0.25) is 0 Å². The van der Waals surface area contributed by atoms with E-state index in [-0.39, 0.29) is 16.7 Å². The van der Waals surface area contributed by atoms with Crippen molar-refractivity contribution in [3.05, 3.63) is 53.1 Å². The fraction of sp³-hybridized carbons (Fsp3) is 0.286. The summed E-state index contributed by atoms with van der Waals surface area (Å²) in [6.45, 7) is 0. The Labute approximate surface area is 143 Å². The summed E-state index contributed by atoms with van der Waals surface area (Å²) in [6, 6.07) is 7.26. The van der Waals surface area contributed by atoms with Crippen molar-refractivity contribution < 1.29 is 4.92 Å². The van der Waals surface area contributed by atoms with Crippen molar-refractivity contribution in [3.63, 3.8) is 0 Å². The van der Waals surface area contributed by atoms with Crippen LogP contribution >= 0.6 is 43.2 Å². The number of anilines is 1. The van der Waals surface area contributed by atoms with Crippen LogP contribution < -0.4 is 5.32 Å². The molecule has 21 heavy (non-hydrogen) atoms.